The van der Waals surface area contributed by atoms with Gasteiger partial charge in [-0.2, -0.15) is 0 Å². The van der Waals surface area contributed by atoms with E-state index in [1.165, 1.54) is 0 Å². The molecule has 2 aromatic heterocycles. The molecule has 2 aromatic carbocycles. The third-order valence-corrected chi connectivity index (χ3v) is 6.29. The number of carbonyl (C=O) groups is 2. The number of fused-ring (bicyclic) bond motifs is 1. The van der Waals surface area contributed by atoms with E-state index in [9.17, 15) is 9.59 Å². The zero-order valence-corrected chi connectivity index (χ0v) is 19.4. The minimum Gasteiger partial charge on any atom is -0.452 e. The van der Waals surface area contributed by atoms with Gasteiger partial charge in [-0.3, -0.25) is 4.79 Å². The Morgan fingerprint density at radius 2 is 1.87 bits per heavy atom. The number of hydrogen-bond donors (Lipinski definition) is 1. The summed E-state index contributed by atoms with van der Waals surface area (Å²) >= 11 is 8.29. The Kier molecular flexibility index (Phi) is 6.26. The van der Waals surface area contributed by atoms with Gasteiger partial charge in [-0.05, 0) is 57.7 Å². The van der Waals surface area contributed by atoms with Crippen molar-refractivity contribution in [1.29, 1.82) is 0 Å². The van der Waals surface area contributed by atoms with Crippen molar-refractivity contribution in [3.63, 3.8) is 0 Å². The highest BCUT2D eigenvalue weighted by Crippen LogP contribution is 2.29. The van der Waals surface area contributed by atoms with Crippen molar-refractivity contribution < 1.29 is 14.3 Å². The molecule has 0 unspecified atom stereocenters. The summed E-state index contributed by atoms with van der Waals surface area (Å²) in [7, 11) is 0. The molecule has 0 bridgehead atoms. The van der Waals surface area contributed by atoms with Gasteiger partial charge in [0.2, 0.25) is 0 Å². The number of benzene rings is 2. The summed E-state index contributed by atoms with van der Waals surface area (Å²) in [6, 6.07) is 18.3. The molecule has 0 aliphatic carbocycles. The number of aromatic nitrogens is 1. The summed E-state index contributed by atoms with van der Waals surface area (Å²) in [5.74, 6) is -1.00. The van der Waals surface area contributed by atoms with Gasteiger partial charge >= 0.3 is 5.97 Å². The first kappa shape index (κ1) is 20.7. The number of para-hydroxylation sites is 1. The minimum absolute atomic E-state index is 0.377. The highest BCUT2D eigenvalue weighted by Gasteiger charge is 2.17. The molecule has 1 amide bonds. The van der Waals surface area contributed by atoms with Crippen molar-refractivity contribution >= 4 is 71.7 Å². The number of ether oxygens (including phenoxy) is 1. The van der Waals surface area contributed by atoms with Crippen molar-refractivity contribution in [3.05, 3.63) is 80.6 Å². The van der Waals surface area contributed by atoms with E-state index in [1.807, 2.05) is 53.9 Å². The topological polar surface area (TPSA) is 68.3 Å². The van der Waals surface area contributed by atoms with Crippen LogP contribution in [0, 0.1) is 0 Å². The van der Waals surface area contributed by atoms with E-state index >= 15 is 0 Å². The quantitative estimate of drug-likeness (QED) is 0.299. The Hall–Kier alpha value is -2.55. The van der Waals surface area contributed by atoms with E-state index in [0.29, 0.717) is 27.8 Å². The lowest BCUT2D eigenvalue weighted by Crippen LogP contribution is -2.21. The van der Waals surface area contributed by atoms with Crippen LogP contribution >= 0.6 is 43.2 Å². The number of anilines is 1. The SMILES string of the molecule is O=C(COC(=O)c1cc(-c2cccs2)nc2ccccc12)Nc1ccc(Br)cc1Br. The highest BCUT2D eigenvalue weighted by atomic mass is 79.9. The van der Waals surface area contributed by atoms with Gasteiger partial charge in [0.15, 0.2) is 6.61 Å². The molecule has 1 N–H and O–H groups in total. The van der Waals surface area contributed by atoms with Crippen LogP contribution in [-0.2, 0) is 9.53 Å². The molecular weight excluding hydrogens is 532 g/mol. The molecule has 2 heterocycles. The zero-order valence-electron chi connectivity index (χ0n) is 15.4. The average Bonchev–Trinajstić information content (AvgIpc) is 3.28. The van der Waals surface area contributed by atoms with Gasteiger partial charge in [0.25, 0.3) is 5.91 Å². The smallest absolute Gasteiger partial charge is 0.339 e. The fourth-order valence-corrected chi connectivity index (χ4v) is 4.71. The van der Waals surface area contributed by atoms with Crippen LogP contribution in [0.4, 0.5) is 5.69 Å². The van der Waals surface area contributed by atoms with Gasteiger partial charge in [0, 0.05) is 14.3 Å². The summed E-state index contributed by atoms with van der Waals surface area (Å²) < 4.78 is 6.91. The number of hydrogen-bond acceptors (Lipinski definition) is 5. The second kappa shape index (κ2) is 9.07. The van der Waals surface area contributed by atoms with Crippen LogP contribution in [0.3, 0.4) is 0 Å². The summed E-state index contributed by atoms with van der Waals surface area (Å²) in [5.41, 5.74) is 2.35. The lowest BCUT2D eigenvalue weighted by Gasteiger charge is -2.10. The number of halogens is 2. The van der Waals surface area contributed by atoms with Gasteiger partial charge < -0.3 is 10.1 Å². The second-order valence-corrected chi connectivity index (χ2v) is 9.02. The minimum atomic E-state index is -0.573. The Bertz CT molecular complexity index is 1240. The molecular formula is C22H14Br2N2O3S. The number of nitrogens with zero attached hydrogens (tertiary/aromatic N) is 1. The van der Waals surface area contributed by atoms with Crippen LogP contribution < -0.4 is 5.32 Å². The third-order valence-electron chi connectivity index (χ3n) is 4.25. The maximum Gasteiger partial charge on any atom is 0.339 e. The Morgan fingerprint density at radius 1 is 1.03 bits per heavy atom. The standard InChI is InChI=1S/C22H14Br2N2O3S/c23-13-7-8-18(16(24)10-13)26-21(27)12-29-22(28)15-11-19(20-6-3-9-30-20)25-17-5-2-1-4-14(15)17/h1-11H,12H2,(H,26,27). The average molecular weight is 546 g/mol. The van der Waals surface area contributed by atoms with Gasteiger partial charge in [-0.15, -0.1) is 11.3 Å². The number of rotatable bonds is 5. The van der Waals surface area contributed by atoms with Gasteiger partial charge in [-0.25, -0.2) is 9.78 Å². The van der Waals surface area contributed by atoms with E-state index in [2.05, 4.69) is 42.2 Å². The lowest BCUT2D eigenvalue weighted by atomic mass is 10.1. The van der Waals surface area contributed by atoms with Crippen molar-refractivity contribution in [2.24, 2.45) is 0 Å². The number of esters is 1. The Morgan fingerprint density at radius 3 is 2.63 bits per heavy atom. The van der Waals surface area contributed by atoms with Crippen LogP contribution in [0.2, 0.25) is 0 Å². The van der Waals surface area contributed by atoms with Crippen LogP contribution in [0.15, 0.2) is 75.0 Å². The van der Waals surface area contributed by atoms with E-state index in [0.717, 1.165) is 13.8 Å². The van der Waals surface area contributed by atoms with E-state index in [4.69, 9.17) is 4.74 Å². The summed E-state index contributed by atoms with van der Waals surface area (Å²) in [5, 5.41) is 5.35. The third kappa shape index (κ3) is 4.61. The Balaban J connectivity index is 1.53. The van der Waals surface area contributed by atoms with E-state index in [1.54, 1.807) is 23.5 Å². The zero-order chi connectivity index (χ0) is 21.1. The first-order valence-corrected chi connectivity index (χ1v) is 11.3. The van der Waals surface area contributed by atoms with Gasteiger partial charge in [0.1, 0.15) is 0 Å². The molecule has 4 aromatic rings. The van der Waals surface area contributed by atoms with Crippen LogP contribution in [0.5, 0.6) is 0 Å². The predicted molar refractivity (Wildman–Crippen MR) is 126 cm³/mol. The molecule has 8 heteroatoms. The highest BCUT2D eigenvalue weighted by molar-refractivity contribution is 9.11. The molecule has 0 fully saturated rings. The van der Waals surface area contributed by atoms with Crippen molar-refractivity contribution in [2.75, 3.05) is 11.9 Å². The summed E-state index contributed by atoms with van der Waals surface area (Å²) in [4.78, 5) is 30.7. The van der Waals surface area contributed by atoms with Crippen LogP contribution in [0.1, 0.15) is 10.4 Å². The number of pyridine rings is 1. The van der Waals surface area contributed by atoms with E-state index in [-0.39, 0.29) is 0 Å². The normalized spacial score (nSPS) is 10.7. The monoisotopic (exact) mass is 544 g/mol. The van der Waals surface area contributed by atoms with Crippen molar-refractivity contribution in [2.45, 2.75) is 0 Å². The molecule has 5 nitrogen and oxygen atoms in total. The molecule has 30 heavy (non-hydrogen) atoms. The van der Waals surface area contributed by atoms with Crippen molar-refractivity contribution in [1.82, 2.24) is 4.98 Å². The fraction of sp³-hybridized carbons (Fsp3) is 0.0455. The maximum atomic E-state index is 12.8. The maximum absolute atomic E-state index is 12.8. The number of thiophene rings is 1. The first-order valence-electron chi connectivity index (χ1n) is 8.87. The fourth-order valence-electron chi connectivity index (χ4n) is 2.88. The molecule has 4 rings (SSSR count). The van der Waals surface area contributed by atoms with Gasteiger partial charge in [-0.1, -0.05) is 40.2 Å². The molecule has 0 saturated carbocycles. The predicted octanol–water partition coefficient (Wildman–Crippen LogP) is 6.28. The molecule has 0 aliphatic heterocycles. The second-order valence-electron chi connectivity index (χ2n) is 6.30. The lowest BCUT2D eigenvalue weighted by molar-refractivity contribution is -0.119. The summed E-state index contributed by atoms with van der Waals surface area (Å²) in [6.45, 7) is -0.397. The molecule has 0 saturated heterocycles. The van der Waals surface area contributed by atoms with Gasteiger partial charge in [0.05, 0.1) is 27.3 Å². The molecule has 0 radical (unpaired) electrons. The summed E-state index contributed by atoms with van der Waals surface area (Å²) in [6.07, 6.45) is 0. The first-order chi connectivity index (χ1) is 14.5. The molecule has 0 aliphatic rings. The van der Waals surface area contributed by atoms with Crippen LogP contribution in [0.25, 0.3) is 21.5 Å². The van der Waals surface area contributed by atoms with Crippen LogP contribution in [-0.4, -0.2) is 23.5 Å². The van der Waals surface area contributed by atoms with E-state index < -0.39 is 18.5 Å². The number of carbonyl (C=O) groups excluding carboxylic acids is 2. The van der Waals surface area contributed by atoms with Crippen molar-refractivity contribution in [3.8, 4) is 10.6 Å². The number of nitrogens with one attached hydrogen (secondary N) is 1. The largest absolute Gasteiger partial charge is 0.452 e. The number of amides is 1. The molecule has 150 valence electrons. The Labute approximate surface area is 193 Å². The molecule has 0 atom stereocenters. The molecule has 0 spiro atoms.